The maximum absolute atomic E-state index is 11.8. The molecule has 0 heterocycles. The summed E-state index contributed by atoms with van der Waals surface area (Å²) in [6, 6.07) is 0.184. The molecule has 3 unspecified atom stereocenters. The largest absolute Gasteiger partial charge is 0.392 e. The van der Waals surface area contributed by atoms with E-state index in [1.54, 1.807) is 18.9 Å². The molecular formula is C10H20N2O2. The first kappa shape index (κ1) is 11.5. The van der Waals surface area contributed by atoms with Crippen molar-refractivity contribution in [1.29, 1.82) is 0 Å². The van der Waals surface area contributed by atoms with E-state index in [1.165, 1.54) is 0 Å². The lowest BCUT2D eigenvalue weighted by Crippen LogP contribution is -2.37. The lowest BCUT2D eigenvalue weighted by molar-refractivity contribution is -0.135. The predicted octanol–water partition coefficient (Wildman–Crippen LogP) is -0.0470. The van der Waals surface area contributed by atoms with Crippen LogP contribution < -0.4 is 5.73 Å². The highest BCUT2D eigenvalue weighted by Crippen LogP contribution is 2.25. The number of hydrogen-bond acceptors (Lipinski definition) is 3. The van der Waals surface area contributed by atoms with Crippen molar-refractivity contribution in [2.24, 2.45) is 11.7 Å². The molecule has 1 fully saturated rings. The van der Waals surface area contributed by atoms with Gasteiger partial charge in [0.05, 0.1) is 6.10 Å². The van der Waals surface area contributed by atoms with Gasteiger partial charge in [0.2, 0.25) is 5.91 Å². The maximum Gasteiger partial charge on any atom is 0.225 e. The Morgan fingerprint density at radius 1 is 1.64 bits per heavy atom. The van der Waals surface area contributed by atoms with E-state index in [0.717, 1.165) is 19.3 Å². The Balaban J connectivity index is 2.40. The molecular weight excluding hydrogens is 180 g/mol. The van der Waals surface area contributed by atoms with Gasteiger partial charge in [-0.1, -0.05) is 0 Å². The van der Waals surface area contributed by atoms with Gasteiger partial charge in [-0.05, 0) is 26.2 Å². The number of carbonyl (C=O) groups excluding carboxylic acids is 1. The molecule has 1 rings (SSSR count). The van der Waals surface area contributed by atoms with Crippen LogP contribution in [0.15, 0.2) is 0 Å². The van der Waals surface area contributed by atoms with Crippen LogP contribution in [0.1, 0.15) is 26.2 Å². The van der Waals surface area contributed by atoms with E-state index >= 15 is 0 Å². The van der Waals surface area contributed by atoms with E-state index in [-0.39, 0.29) is 17.9 Å². The molecule has 0 aromatic heterocycles. The number of hydrogen-bond donors (Lipinski definition) is 2. The first-order chi connectivity index (χ1) is 6.50. The lowest BCUT2D eigenvalue weighted by Gasteiger charge is -2.22. The van der Waals surface area contributed by atoms with Crippen molar-refractivity contribution in [2.45, 2.75) is 38.3 Å². The normalized spacial score (nSPS) is 28.9. The molecule has 0 radical (unpaired) electrons. The van der Waals surface area contributed by atoms with Crippen LogP contribution in [0.25, 0.3) is 0 Å². The van der Waals surface area contributed by atoms with E-state index in [9.17, 15) is 4.79 Å². The summed E-state index contributed by atoms with van der Waals surface area (Å²) in [5.41, 5.74) is 5.74. The van der Waals surface area contributed by atoms with E-state index in [4.69, 9.17) is 10.8 Å². The number of aliphatic hydroxyl groups is 1. The van der Waals surface area contributed by atoms with Crippen LogP contribution in [-0.4, -0.2) is 41.7 Å². The monoisotopic (exact) mass is 200 g/mol. The van der Waals surface area contributed by atoms with Crippen molar-refractivity contribution in [3.63, 3.8) is 0 Å². The van der Waals surface area contributed by atoms with Gasteiger partial charge in [-0.3, -0.25) is 4.79 Å². The molecule has 1 saturated carbocycles. The first-order valence-corrected chi connectivity index (χ1v) is 5.19. The van der Waals surface area contributed by atoms with E-state index < -0.39 is 6.10 Å². The van der Waals surface area contributed by atoms with Crippen LogP contribution in [0.3, 0.4) is 0 Å². The van der Waals surface area contributed by atoms with E-state index in [2.05, 4.69) is 0 Å². The summed E-state index contributed by atoms with van der Waals surface area (Å²) in [6.07, 6.45) is 2.17. The molecule has 0 spiro atoms. The summed E-state index contributed by atoms with van der Waals surface area (Å²) in [5, 5.41) is 9.15. The summed E-state index contributed by atoms with van der Waals surface area (Å²) in [5.74, 6) is 0.201. The molecule has 1 amide bonds. The van der Waals surface area contributed by atoms with Gasteiger partial charge in [0, 0.05) is 25.6 Å². The molecule has 0 aromatic carbocycles. The Hall–Kier alpha value is -0.610. The van der Waals surface area contributed by atoms with Crippen molar-refractivity contribution in [2.75, 3.05) is 13.6 Å². The van der Waals surface area contributed by atoms with E-state index in [1.807, 2.05) is 0 Å². The zero-order chi connectivity index (χ0) is 10.7. The van der Waals surface area contributed by atoms with Gasteiger partial charge in [0.1, 0.15) is 0 Å². The molecule has 14 heavy (non-hydrogen) atoms. The van der Waals surface area contributed by atoms with Crippen molar-refractivity contribution < 1.29 is 9.90 Å². The third-order valence-electron chi connectivity index (χ3n) is 2.74. The number of aliphatic hydroxyl groups excluding tert-OH is 1. The number of nitrogens with zero attached hydrogens (tertiary/aromatic N) is 1. The number of rotatable bonds is 3. The van der Waals surface area contributed by atoms with Gasteiger partial charge in [-0.2, -0.15) is 0 Å². The third kappa shape index (κ3) is 2.96. The molecule has 0 saturated heterocycles. The molecule has 4 nitrogen and oxygen atoms in total. The quantitative estimate of drug-likeness (QED) is 0.671. The van der Waals surface area contributed by atoms with Gasteiger partial charge in [-0.25, -0.2) is 0 Å². The fourth-order valence-electron chi connectivity index (χ4n) is 2.04. The maximum atomic E-state index is 11.8. The highest BCUT2D eigenvalue weighted by molar-refractivity contribution is 5.79. The summed E-state index contributed by atoms with van der Waals surface area (Å²) in [6.45, 7) is 2.09. The minimum atomic E-state index is -0.459. The fraction of sp³-hybridized carbons (Fsp3) is 0.900. The highest BCUT2D eigenvalue weighted by Gasteiger charge is 2.29. The molecule has 82 valence electrons. The van der Waals surface area contributed by atoms with Crippen LogP contribution in [0.5, 0.6) is 0 Å². The Morgan fingerprint density at radius 2 is 2.29 bits per heavy atom. The molecule has 4 heteroatoms. The zero-order valence-electron chi connectivity index (χ0n) is 8.94. The Kier molecular flexibility index (Phi) is 3.89. The lowest BCUT2D eigenvalue weighted by atomic mass is 10.1. The first-order valence-electron chi connectivity index (χ1n) is 5.19. The van der Waals surface area contributed by atoms with Gasteiger partial charge < -0.3 is 15.7 Å². The number of amides is 1. The molecule has 0 aromatic rings. The zero-order valence-corrected chi connectivity index (χ0v) is 8.94. The van der Waals surface area contributed by atoms with Gasteiger partial charge in [0.25, 0.3) is 0 Å². The second-order valence-electron chi connectivity index (χ2n) is 4.34. The smallest absolute Gasteiger partial charge is 0.225 e. The van der Waals surface area contributed by atoms with Gasteiger partial charge in [-0.15, -0.1) is 0 Å². The second kappa shape index (κ2) is 4.75. The minimum absolute atomic E-state index is 0.0775. The van der Waals surface area contributed by atoms with Crippen LogP contribution >= 0.6 is 0 Å². The molecule has 3 N–H and O–H groups in total. The van der Waals surface area contributed by atoms with Crippen molar-refractivity contribution in [3.8, 4) is 0 Å². The number of likely N-dealkylation sites (N-methyl/N-ethyl adjacent to an activating group) is 1. The Morgan fingerprint density at radius 3 is 2.71 bits per heavy atom. The van der Waals surface area contributed by atoms with Crippen LogP contribution in [0.4, 0.5) is 0 Å². The van der Waals surface area contributed by atoms with Crippen molar-refractivity contribution in [3.05, 3.63) is 0 Å². The average Bonchev–Trinajstić information content (AvgIpc) is 2.49. The summed E-state index contributed by atoms with van der Waals surface area (Å²) in [4.78, 5) is 13.4. The summed E-state index contributed by atoms with van der Waals surface area (Å²) >= 11 is 0. The fourth-order valence-corrected chi connectivity index (χ4v) is 2.04. The molecule has 0 aliphatic heterocycles. The topological polar surface area (TPSA) is 66.6 Å². The predicted molar refractivity (Wildman–Crippen MR) is 54.6 cm³/mol. The standard InChI is InChI=1S/C10H20N2O2/c1-7(13)6-12(2)10(14)8-3-4-9(11)5-8/h7-9,13H,3-6,11H2,1-2H3. The number of carbonyl (C=O) groups is 1. The van der Waals surface area contributed by atoms with Crippen LogP contribution in [0, 0.1) is 5.92 Å². The minimum Gasteiger partial charge on any atom is -0.392 e. The Bertz CT molecular complexity index is 206. The molecule has 1 aliphatic carbocycles. The SMILES string of the molecule is CC(O)CN(C)C(=O)C1CCC(N)C1. The average molecular weight is 200 g/mol. The number of nitrogens with two attached hydrogens (primary N) is 1. The third-order valence-corrected chi connectivity index (χ3v) is 2.74. The Labute approximate surface area is 85.1 Å². The van der Waals surface area contributed by atoms with E-state index in [0.29, 0.717) is 6.54 Å². The summed E-state index contributed by atoms with van der Waals surface area (Å²) < 4.78 is 0. The van der Waals surface area contributed by atoms with Crippen molar-refractivity contribution in [1.82, 2.24) is 4.90 Å². The van der Waals surface area contributed by atoms with Gasteiger partial charge >= 0.3 is 0 Å². The summed E-state index contributed by atoms with van der Waals surface area (Å²) in [7, 11) is 1.74. The molecule has 3 atom stereocenters. The molecule has 0 bridgehead atoms. The van der Waals surface area contributed by atoms with Crippen LogP contribution in [-0.2, 0) is 4.79 Å². The van der Waals surface area contributed by atoms with Crippen LogP contribution in [0.2, 0.25) is 0 Å². The highest BCUT2D eigenvalue weighted by atomic mass is 16.3. The molecule has 1 aliphatic rings. The van der Waals surface area contributed by atoms with Gasteiger partial charge in [0.15, 0.2) is 0 Å². The van der Waals surface area contributed by atoms with Crippen molar-refractivity contribution >= 4 is 5.91 Å². The second-order valence-corrected chi connectivity index (χ2v) is 4.34.